The van der Waals surface area contributed by atoms with Gasteiger partial charge in [-0.05, 0) is 44.2 Å². The van der Waals surface area contributed by atoms with Crippen molar-refractivity contribution >= 4 is 16.8 Å². The van der Waals surface area contributed by atoms with Crippen molar-refractivity contribution in [2.24, 2.45) is 0 Å². The van der Waals surface area contributed by atoms with Crippen LogP contribution in [0, 0.1) is 0 Å². The summed E-state index contributed by atoms with van der Waals surface area (Å²) in [6.45, 7) is 4.44. The number of hydrogen-bond acceptors (Lipinski definition) is 1. The number of allylic oxidation sites excluding steroid dienone is 2. The Morgan fingerprint density at radius 1 is 1.00 bits per heavy atom. The van der Waals surface area contributed by atoms with Crippen LogP contribution in [0.3, 0.4) is 0 Å². The standard InChI is InChI=1S/C15H27ClO/c1-3-4-5-6-7-8-11-14(2)12-9-10-13-15(16)17/h12H,3-11,13H2,1-2H3/b14-12+. The summed E-state index contributed by atoms with van der Waals surface area (Å²) in [5, 5.41) is -0.216. The molecule has 0 heterocycles. The van der Waals surface area contributed by atoms with Crippen LogP contribution in [0.5, 0.6) is 0 Å². The number of carbonyl (C=O) groups excluding carboxylic acids is 1. The molecule has 0 aromatic rings. The van der Waals surface area contributed by atoms with Crippen LogP contribution in [0.1, 0.15) is 78.1 Å². The Bertz CT molecular complexity index is 221. The van der Waals surface area contributed by atoms with E-state index in [0.717, 1.165) is 12.8 Å². The minimum absolute atomic E-state index is 0.216. The van der Waals surface area contributed by atoms with E-state index in [4.69, 9.17) is 11.6 Å². The second-order valence-electron chi connectivity index (χ2n) is 4.82. The molecule has 0 bridgehead atoms. The maximum Gasteiger partial charge on any atom is 0.221 e. The molecule has 0 aromatic heterocycles. The van der Waals surface area contributed by atoms with Crippen molar-refractivity contribution < 1.29 is 4.79 Å². The Balaban J connectivity index is 3.34. The molecule has 0 saturated heterocycles. The van der Waals surface area contributed by atoms with Crippen molar-refractivity contribution in [3.8, 4) is 0 Å². The summed E-state index contributed by atoms with van der Waals surface area (Å²) in [6, 6.07) is 0. The minimum Gasteiger partial charge on any atom is -0.281 e. The molecule has 0 aliphatic rings. The van der Waals surface area contributed by atoms with E-state index in [1.807, 2.05) is 0 Å². The van der Waals surface area contributed by atoms with E-state index in [2.05, 4.69) is 19.9 Å². The van der Waals surface area contributed by atoms with Gasteiger partial charge in [0, 0.05) is 6.42 Å². The van der Waals surface area contributed by atoms with Crippen molar-refractivity contribution in [1.82, 2.24) is 0 Å². The smallest absolute Gasteiger partial charge is 0.221 e. The van der Waals surface area contributed by atoms with Gasteiger partial charge in [0.2, 0.25) is 5.24 Å². The predicted octanol–water partition coefficient (Wildman–Crippen LogP) is 5.62. The molecule has 0 fully saturated rings. The van der Waals surface area contributed by atoms with E-state index >= 15 is 0 Å². The zero-order valence-electron chi connectivity index (χ0n) is 11.4. The number of hydrogen-bond donors (Lipinski definition) is 0. The molecule has 0 atom stereocenters. The minimum atomic E-state index is -0.216. The van der Waals surface area contributed by atoms with Crippen LogP contribution in [-0.4, -0.2) is 5.24 Å². The van der Waals surface area contributed by atoms with Crippen LogP contribution in [-0.2, 0) is 4.79 Å². The van der Waals surface area contributed by atoms with Gasteiger partial charge in [0.15, 0.2) is 0 Å². The zero-order valence-corrected chi connectivity index (χ0v) is 12.2. The van der Waals surface area contributed by atoms with E-state index in [-0.39, 0.29) is 5.24 Å². The molecule has 0 radical (unpaired) electrons. The van der Waals surface area contributed by atoms with Crippen molar-refractivity contribution in [3.63, 3.8) is 0 Å². The molecular formula is C15H27ClO. The predicted molar refractivity (Wildman–Crippen MR) is 76.5 cm³/mol. The van der Waals surface area contributed by atoms with Crippen LogP contribution in [0.25, 0.3) is 0 Å². The molecule has 0 aromatic carbocycles. The molecule has 2 heteroatoms. The molecule has 17 heavy (non-hydrogen) atoms. The molecule has 100 valence electrons. The first kappa shape index (κ1) is 16.7. The van der Waals surface area contributed by atoms with Gasteiger partial charge >= 0.3 is 0 Å². The molecule has 0 spiro atoms. The van der Waals surface area contributed by atoms with Crippen molar-refractivity contribution in [2.45, 2.75) is 78.1 Å². The Hall–Kier alpha value is -0.300. The molecule has 0 amide bonds. The third kappa shape index (κ3) is 13.6. The monoisotopic (exact) mass is 258 g/mol. The lowest BCUT2D eigenvalue weighted by Crippen LogP contribution is -1.85. The Labute approximate surface area is 112 Å². The fourth-order valence-electron chi connectivity index (χ4n) is 1.88. The lowest BCUT2D eigenvalue weighted by atomic mass is 10.0. The summed E-state index contributed by atoms with van der Waals surface area (Å²) in [6.07, 6.45) is 14.0. The van der Waals surface area contributed by atoms with Gasteiger partial charge < -0.3 is 0 Å². The molecular weight excluding hydrogens is 232 g/mol. The van der Waals surface area contributed by atoms with Gasteiger partial charge in [-0.25, -0.2) is 0 Å². The third-order valence-corrected chi connectivity index (χ3v) is 3.18. The molecule has 0 rings (SSSR count). The molecule has 0 saturated carbocycles. The molecule has 0 unspecified atom stereocenters. The van der Waals surface area contributed by atoms with Crippen molar-refractivity contribution in [3.05, 3.63) is 11.6 Å². The highest BCUT2D eigenvalue weighted by atomic mass is 35.5. The van der Waals surface area contributed by atoms with E-state index in [9.17, 15) is 4.79 Å². The fraction of sp³-hybridized carbons (Fsp3) is 0.800. The Morgan fingerprint density at radius 3 is 2.29 bits per heavy atom. The third-order valence-electron chi connectivity index (χ3n) is 2.99. The number of carbonyl (C=O) groups is 1. The fourth-order valence-corrected chi connectivity index (χ4v) is 2.01. The summed E-state index contributed by atoms with van der Waals surface area (Å²) in [7, 11) is 0. The quantitative estimate of drug-likeness (QED) is 0.267. The van der Waals surface area contributed by atoms with E-state index in [1.54, 1.807) is 0 Å². The van der Waals surface area contributed by atoms with Crippen LogP contribution >= 0.6 is 11.6 Å². The normalized spacial score (nSPS) is 11.8. The van der Waals surface area contributed by atoms with E-state index in [0.29, 0.717) is 6.42 Å². The zero-order chi connectivity index (χ0) is 12.9. The van der Waals surface area contributed by atoms with Crippen molar-refractivity contribution in [2.75, 3.05) is 0 Å². The van der Waals surface area contributed by atoms with E-state index < -0.39 is 0 Å². The summed E-state index contributed by atoms with van der Waals surface area (Å²) in [5.74, 6) is 0. The van der Waals surface area contributed by atoms with Crippen LogP contribution in [0.2, 0.25) is 0 Å². The van der Waals surface area contributed by atoms with Gasteiger partial charge in [0.25, 0.3) is 0 Å². The van der Waals surface area contributed by atoms with Gasteiger partial charge in [-0.15, -0.1) is 0 Å². The summed E-state index contributed by atoms with van der Waals surface area (Å²) in [5.41, 5.74) is 1.46. The van der Waals surface area contributed by atoms with Gasteiger partial charge in [0.1, 0.15) is 0 Å². The number of rotatable bonds is 11. The summed E-state index contributed by atoms with van der Waals surface area (Å²) in [4.78, 5) is 10.5. The van der Waals surface area contributed by atoms with Crippen LogP contribution in [0.4, 0.5) is 0 Å². The number of unbranched alkanes of at least 4 members (excludes halogenated alkanes) is 6. The van der Waals surface area contributed by atoms with Gasteiger partial charge in [-0.2, -0.15) is 0 Å². The second-order valence-corrected chi connectivity index (χ2v) is 5.24. The molecule has 0 aliphatic heterocycles. The van der Waals surface area contributed by atoms with Gasteiger partial charge in [0.05, 0.1) is 0 Å². The maximum absolute atomic E-state index is 10.5. The summed E-state index contributed by atoms with van der Waals surface area (Å²) < 4.78 is 0. The highest BCUT2D eigenvalue weighted by molar-refractivity contribution is 6.63. The number of halogens is 1. The molecule has 1 nitrogen and oxygen atoms in total. The first-order valence-electron chi connectivity index (χ1n) is 7.00. The van der Waals surface area contributed by atoms with Crippen LogP contribution in [0.15, 0.2) is 11.6 Å². The molecule has 0 N–H and O–H groups in total. The summed E-state index contributed by atoms with van der Waals surface area (Å²) >= 11 is 5.28. The van der Waals surface area contributed by atoms with Crippen molar-refractivity contribution in [1.29, 1.82) is 0 Å². The SMILES string of the molecule is CCCCCCCC/C(C)=C/CCCC(=O)Cl. The Kier molecular flexibility index (Phi) is 12.0. The van der Waals surface area contributed by atoms with Gasteiger partial charge in [-0.1, -0.05) is 50.7 Å². The van der Waals surface area contributed by atoms with Gasteiger partial charge in [-0.3, -0.25) is 4.79 Å². The molecule has 0 aliphatic carbocycles. The first-order valence-corrected chi connectivity index (χ1v) is 7.38. The highest BCUT2D eigenvalue weighted by Gasteiger charge is 1.95. The average Bonchev–Trinajstić information content (AvgIpc) is 2.29. The lowest BCUT2D eigenvalue weighted by molar-refractivity contribution is -0.111. The largest absolute Gasteiger partial charge is 0.281 e. The topological polar surface area (TPSA) is 17.1 Å². The Morgan fingerprint density at radius 2 is 1.65 bits per heavy atom. The average molecular weight is 259 g/mol. The second kappa shape index (κ2) is 12.2. The highest BCUT2D eigenvalue weighted by Crippen LogP contribution is 2.12. The maximum atomic E-state index is 10.5. The lowest BCUT2D eigenvalue weighted by Gasteiger charge is -2.02. The first-order chi connectivity index (χ1) is 8.16. The van der Waals surface area contributed by atoms with Crippen LogP contribution < -0.4 is 0 Å². The van der Waals surface area contributed by atoms with E-state index in [1.165, 1.54) is 50.5 Å².